The van der Waals surface area contributed by atoms with E-state index in [1.807, 2.05) is 0 Å². The minimum absolute atomic E-state index is 0.0366. The summed E-state index contributed by atoms with van der Waals surface area (Å²) in [4.78, 5) is 25.2. The van der Waals surface area contributed by atoms with Gasteiger partial charge in [-0.25, -0.2) is 4.79 Å². The highest BCUT2D eigenvalue weighted by Crippen LogP contribution is 2.12. The summed E-state index contributed by atoms with van der Waals surface area (Å²) in [5, 5.41) is 10.6. The molecule has 0 aromatic carbocycles. The van der Waals surface area contributed by atoms with Gasteiger partial charge in [-0.3, -0.25) is 4.79 Å². The third-order valence-electron chi connectivity index (χ3n) is 3.52. The molecule has 1 aromatic heterocycles. The summed E-state index contributed by atoms with van der Waals surface area (Å²) in [6, 6.07) is 0.0996. The topological polar surface area (TPSA) is 97.6 Å². The molecule has 22 heavy (non-hydrogen) atoms. The van der Waals surface area contributed by atoms with Crippen LogP contribution in [0.1, 0.15) is 38.0 Å². The summed E-state index contributed by atoms with van der Waals surface area (Å²) in [6.07, 6.45) is 1.96. The van der Waals surface area contributed by atoms with Crippen LogP contribution in [-0.2, 0) is 16.0 Å². The van der Waals surface area contributed by atoms with Crippen molar-refractivity contribution in [2.45, 2.75) is 45.6 Å². The van der Waals surface area contributed by atoms with E-state index in [1.54, 1.807) is 18.7 Å². The number of hydrogen-bond acceptors (Lipinski definition) is 6. The molecule has 2 heterocycles. The van der Waals surface area contributed by atoms with Crippen molar-refractivity contribution < 1.29 is 18.7 Å². The number of carbonyl (C=O) groups excluding carboxylic acids is 2. The zero-order valence-corrected chi connectivity index (χ0v) is 13.0. The predicted octanol–water partition coefficient (Wildman–Crippen LogP) is 1.05. The predicted molar refractivity (Wildman–Crippen MR) is 77.1 cm³/mol. The normalized spacial score (nSPS) is 15.6. The van der Waals surface area contributed by atoms with Crippen molar-refractivity contribution in [3.05, 3.63) is 11.8 Å². The number of nitrogens with zero attached hydrogens (tertiary/aromatic N) is 3. The summed E-state index contributed by atoms with van der Waals surface area (Å²) in [7, 11) is 0. The molecule has 122 valence electrons. The average molecular weight is 310 g/mol. The second kappa shape index (κ2) is 7.77. The van der Waals surface area contributed by atoms with Crippen LogP contribution in [0, 0.1) is 6.92 Å². The molecule has 0 bridgehead atoms. The number of piperidine rings is 1. The van der Waals surface area contributed by atoms with Crippen LogP contribution in [0.3, 0.4) is 0 Å². The first kappa shape index (κ1) is 16.3. The Morgan fingerprint density at radius 3 is 2.68 bits per heavy atom. The number of carbonyl (C=O) groups is 2. The molecule has 1 aliphatic rings. The molecule has 0 saturated carbocycles. The maximum absolute atomic E-state index is 11.9. The van der Waals surface area contributed by atoms with E-state index in [4.69, 9.17) is 9.15 Å². The quantitative estimate of drug-likeness (QED) is 0.873. The monoisotopic (exact) mass is 310 g/mol. The van der Waals surface area contributed by atoms with Gasteiger partial charge in [0.05, 0.1) is 6.61 Å². The van der Waals surface area contributed by atoms with Crippen LogP contribution in [-0.4, -0.2) is 52.8 Å². The summed E-state index contributed by atoms with van der Waals surface area (Å²) in [6.45, 7) is 5.09. The van der Waals surface area contributed by atoms with Crippen LogP contribution in [0.5, 0.6) is 0 Å². The van der Waals surface area contributed by atoms with Crippen molar-refractivity contribution in [3.63, 3.8) is 0 Å². The average Bonchev–Trinajstić information content (AvgIpc) is 2.92. The zero-order chi connectivity index (χ0) is 15.9. The van der Waals surface area contributed by atoms with Crippen LogP contribution in [0.2, 0.25) is 0 Å². The highest BCUT2D eigenvalue weighted by Gasteiger charge is 2.24. The van der Waals surface area contributed by atoms with E-state index in [1.165, 1.54) is 0 Å². The van der Waals surface area contributed by atoms with Gasteiger partial charge in [-0.05, 0) is 19.8 Å². The van der Waals surface area contributed by atoms with Crippen LogP contribution in [0.4, 0.5) is 4.79 Å². The zero-order valence-electron chi connectivity index (χ0n) is 13.0. The molecule has 1 N–H and O–H groups in total. The lowest BCUT2D eigenvalue weighted by Gasteiger charge is -2.31. The molecule has 0 spiro atoms. The first-order valence-corrected chi connectivity index (χ1v) is 7.58. The standard InChI is InChI=1S/C14H22N4O4/c1-3-21-14(20)18-8-6-11(7-9-18)15-12(19)4-5-13-17-16-10(2)22-13/h11H,3-9H2,1-2H3,(H,15,19). The van der Waals surface area contributed by atoms with Crippen molar-refractivity contribution in [2.24, 2.45) is 0 Å². The van der Waals surface area contributed by atoms with Crippen molar-refractivity contribution in [2.75, 3.05) is 19.7 Å². The number of hydrogen-bond donors (Lipinski definition) is 1. The van der Waals surface area contributed by atoms with E-state index < -0.39 is 0 Å². The molecule has 1 aliphatic heterocycles. The fourth-order valence-corrected chi connectivity index (χ4v) is 2.38. The lowest BCUT2D eigenvalue weighted by Crippen LogP contribution is -2.46. The maximum atomic E-state index is 11.9. The smallest absolute Gasteiger partial charge is 0.409 e. The Balaban J connectivity index is 1.67. The van der Waals surface area contributed by atoms with Crippen molar-refractivity contribution in [1.29, 1.82) is 0 Å². The number of likely N-dealkylation sites (tertiary alicyclic amines) is 1. The van der Waals surface area contributed by atoms with E-state index >= 15 is 0 Å². The van der Waals surface area contributed by atoms with Crippen molar-refractivity contribution in [1.82, 2.24) is 20.4 Å². The molecular weight excluding hydrogens is 288 g/mol. The van der Waals surface area contributed by atoms with Gasteiger partial charge in [-0.1, -0.05) is 0 Å². The number of ether oxygens (including phenoxy) is 1. The second-order valence-corrected chi connectivity index (χ2v) is 5.24. The number of nitrogens with one attached hydrogen (secondary N) is 1. The Bertz CT molecular complexity index is 509. The van der Waals surface area contributed by atoms with Crippen molar-refractivity contribution >= 4 is 12.0 Å². The summed E-state index contributed by atoms with van der Waals surface area (Å²) in [5.74, 6) is 0.942. The van der Waals surface area contributed by atoms with Gasteiger partial charge in [-0.15, -0.1) is 10.2 Å². The fraction of sp³-hybridized carbons (Fsp3) is 0.714. The highest BCUT2D eigenvalue weighted by molar-refractivity contribution is 5.76. The Labute approximate surface area is 129 Å². The third-order valence-corrected chi connectivity index (χ3v) is 3.52. The highest BCUT2D eigenvalue weighted by atomic mass is 16.6. The molecule has 1 saturated heterocycles. The van der Waals surface area contributed by atoms with Gasteiger partial charge in [0.2, 0.25) is 17.7 Å². The van der Waals surface area contributed by atoms with Gasteiger partial charge in [0.25, 0.3) is 0 Å². The third kappa shape index (κ3) is 4.71. The van der Waals surface area contributed by atoms with Gasteiger partial charge in [0.1, 0.15) is 0 Å². The number of aryl methyl sites for hydroxylation is 2. The van der Waals surface area contributed by atoms with E-state index in [9.17, 15) is 9.59 Å². The van der Waals surface area contributed by atoms with Gasteiger partial charge in [0.15, 0.2) is 0 Å². The van der Waals surface area contributed by atoms with Gasteiger partial charge < -0.3 is 19.4 Å². The number of rotatable bonds is 5. The van der Waals surface area contributed by atoms with Crippen LogP contribution >= 0.6 is 0 Å². The molecule has 2 rings (SSSR count). The molecule has 0 radical (unpaired) electrons. The lowest BCUT2D eigenvalue weighted by molar-refractivity contribution is -0.122. The Kier molecular flexibility index (Phi) is 5.74. The van der Waals surface area contributed by atoms with Crippen LogP contribution in [0.25, 0.3) is 0 Å². The molecule has 1 fully saturated rings. The summed E-state index contributed by atoms with van der Waals surface area (Å²) < 4.78 is 10.2. The minimum Gasteiger partial charge on any atom is -0.450 e. The van der Waals surface area contributed by atoms with E-state index in [-0.39, 0.29) is 18.0 Å². The Morgan fingerprint density at radius 2 is 2.09 bits per heavy atom. The first-order valence-electron chi connectivity index (χ1n) is 7.58. The SMILES string of the molecule is CCOC(=O)N1CCC(NC(=O)CCc2nnc(C)o2)CC1. The molecule has 8 nitrogen and oxygen atoms in total. The minimum atomic E-state index is -0.279. The molecule has 1 aromatic rings. The van der Waals surface area contributed by atoms with Gasteiger partial charge in [0, 0.05) is 38.9 Å². The number of amides is 2. The first-order chi connectivity index (χ1) is 10.6. The Hall–Kier alpha value is -2.12. The van der Waals surface area contributed by atoms with Crippen LogP contribution in [0.15, 0.2) is 4.42 Å². The maximum Gasteiger partial charge on any atom is 0.409 e. The Morgan fingerprint density at radius 1 is 1.36 bits per heavy atom. The summed E-state index contributed by atoms with van der Waals surface area (Å²) >= 11 is 0. The lowest BCUT2D eigenvalue weighted by atomic mass is 10.1. The largest absolute Gasteiger partial charge is 0.450 e. The molecule has 2 amide bonds. The summed E-state index contributed by atoms with van der Waals surface area (Å²) in [5.41, 5.74) is 0. The number of aromatic nitrogens is 2. The van der Waals surface area contributed by atoms with E-state index in [2.05, 4.69) is 15.5 Å². The van der Waals surface area contributed by atoms with E-state index in [0.29, 0.717) is 44.3 Å². The second-order valence-electron chi connectivity index (χ2n) is 5.24. The van der Waals surface area contributed by atoms with Gasteiger partial charge >= 0.3 is 6.09 Å². The fourth-order valence-electron chi connectivity index (χ4n) is 2.38. The molecule has 0 aliphatic carbocycles. The van der Waals surface area contributed by atoms with Crippen LogP contribution < -0.4 is 5.32 Å². The molecular formula is C14H22N4O4. The van der Waals surface area contributed by atoms with Gasteiger partial charge in [-0.2, -0.15) is 0 Å². The van der Waals surface area contributed by atoms with Crippen molar-refractivity contribution in [3.8, 4) is 0 Å². The molecule has 0 atom stereocenters. The van der Waals surface area contributed by atoms with E-state index in [0.717, 1.165) is 12.8 Å². The molecule has 8 heteroatoms. The molecule has 0 unspecified atom stereocenters.